The van der Waals surface area contributed by atoms with Gasteiger partial charge in [-0.15, -0.1) is 0 Å². The molecule has 3 heterocycles. The molecule has 3 aromatic heterocycles. The molecule has 7 nitrogen and oxygen atoms in total. The Morgan fingerprint density at radius 3 is 2.56 bits per heavy atom. The summed E-state index contributed by atoms with van der Waals surface area (Å²) in [7, 11) is 0. The zero-order valence-corrected chi connectivity index (χ0v) is 15.1. The van der Waals surface area contributed by atoms with Crippen molar-refractivity contribution in [1.29, 1.82) is 0 Å². The third-order valence-corrected chi connectivity index (χ3v) is 4.28. The first-order chi connectivity index (χ1) is 13.0. The normalized spacial score (nSPS) is 10.9. The van der Waals surface area contributed by atoms with Gasteiger partial charge in [0.25, 0.3) is 0 Å². The highest BCUT2D eigenvalue weighted by atomic mass is 35.5. The number of nitrogens with one attached hydrogen (secondary N) is 1. The number of pyridine rings is 1. The Labute approximate surface area is 163 Å². The monoisotopic (exact) mass is 399 g/mol. The van der Waals surface area contributed by atoms with E-state index < -0.39 is 6.09 Å². The number of hydrogen-bond donors (Lipinski definition) is 2. The number of aromatic nitrogens is 4. The number of imidazole rings is 1. The third-order valence-electron chi connectivity index (χ3n) is 3.83. The Morgan fingerprint density at radius 2 is 1.81 bits per heavy atom. The number of carboxylic acid groups (broad SMARTS) is 1. The zero-order chi connectivity index (χ0) is 19.0. The van der Waals surface area contributed by atoms with Crippen LogP contribution in [-0.4, -0.2) is 30.8 Å². The minimum Gasteiger partial charge on any atom is -0.465 e. The molecule has 0 saturated heterocycles. The van der Waals surface area contributed by atoms with Gasteiger partial charge < -0.3 is 5.11 Å². The first-order valence-electron chi connectivity index (χ1n) is 7.79. The fourth-order valence-corrected chi connectivity index (χ4v) is 3.00. The van der Waals surface area contributed by atoms with Gasteiger partial charge in [0.15, 0.2) is 5.65 Å². The minimum atomic E-state index is -1.20. The lowest BCUT2D eigenvalue weighted by molar-refractivity contribution is 0.209. The number of benzene rings is 1. The van der Waals surface area contributed by atoms with Gasteiger partial charge in [-0.2, -0.15) is 5.10 Å². The topological polar surface area (TPSA) is 92.4 Å². The van der Waals surface area contributed by atoms with Crippen molar-refractivity contribution in [3.8, 4) is 22.5 Å². The van der Waals surface area contributed by atoms with Crippen molar-refractivity contribution in [1.82, 2.24) is 19.6 Å². The number of amides is 1. The first-order valence-corrected chi connectivity index (χ1v) is 8.54. The molecular formula is C18H11Cl2N5O2. The molecule has 2 N–H and O–H groups in total. The molecule has 0 saturated carbocycles. The van der Waals surface area contributed by atoms with E-state index in [1.54, 1.807) is 40.9 Å². The van der Waals surface area contributed by atoms with Gasteiger partial charge in [-0.05, 0) is 36.4 Å². The molecule has 0 bridgehead atoms. The van der Waals surface area contributed by atoms with Gasteiger partial charge in [-0.1, -0.05) is 35.3 Å². The van der Waals surface area contributed by atoms with E-state index in [1.165, 1.54) is 6.20 Å². The molecule has 1 aromatic carbocycles. The Balaban J connectivity index is 1.97. The summed E-state index contributed by atoms with van der Waals surface area (Å²) in [6, 6.07) is 14.0. The van der Waals surface area contributed by atoms with E-state index in [2.05, 4.69) is 20.4 Å². The maximum absolute atomic E-state index is 10.9. The molecule has 0 aliphatic heterocycles. The second-order valence-corrected chi connectivity index (χ2v) is 6.43. The average Bonchev–Trinajstić information content (AvgIpc) is 3.00. The van der Waals surface area contributed by atoms with Crippen LogP contribution in [0.2, 0.25) is 10.2 Å². The Kier molecular flexibility index (Phi) is 4.39. The molecular weight excluding hydrogens is 389 g/mol. The van der Waals surface area contributed by atoms with Crippen LogP contribution in [0.1, 0.15) is 0 Å². The fraction of sp³-hybridized carbons (Fsp3) is 0. The molecule has 9 heteroatoms. The van der Waals surface area contributed by atoms with Crippen molar-refractivity contribution in [2.45, 2.75) is 0 Å². The third kappa shape index (κ3) is 3.42. The van der Waals surface area contributed by atoms with Crippen molar-refractivity contribution < 1.29 is 9.90 Å². The molecule has 4 aromatic rings. The van der Waals surface area contributed by atoms with E-state index in [0.29, 0.717) is 32.8 Å². The molecule has 134 valence electrons. The standard InChI is InChI=1S/C18H11Cl2N5O2/c19-12-3-1-10(2-4-12)16-17(25-15(23-16)6-5-13(20)24-25)11-7-8-21-14(9-11)22-18(26)27/h1-9H,(H,21,22)(H,26,27). The summed E-state index contributed by atoms with van der Waals surface area (Å²) in [5, 5.41) is 16.5. The SMILES string of the molecule is O=C(O)Nc1cc(-c2c(-c3ccc(Cl)cc3)nc3ccc(Cl)nn23)ccn1. The van der Waals surface area contributed by atoms with Gasteiger partial charge in [-0.3, -0.25) is 5.32 Å². The van der Waals surface area contributed by atoms with E-state index in [1.807, 2.05) is 12.1 Å². The largest absolute Gasteiger partial charge is 0.465 e. The van der Waals surface area contributed by atoms with E-state index in [4.69, 9.17) is 28.3 Å². The number of rotatable bonds is 3. The summed E-state index contributed by atoms with van der Waals surface area (Å²) in [5.74, 6) is 0.194. The summed E-state index contributed by atoms with van der Waals surface area (Å²) in [4.78, 5) is 19.6. The maximum Gasteiger partial charge on any atom is 0.410 e. The van der Waals surface area contributed by atoms with Crippen LogP contribution in [0.3, 0.4) is 0 Å². The molecule has 0 atom stereocenters. The molecule has 0 unspecified atom stereocenters. The summed E-state index contributed by atoms with van der Waals surface area (Å²) in [6.45, 7) is 0. The predicted octanol–water partition coefficient (Wildman–Crippen LogP) is 4.86. The van der Waals surface area contributed by atoms with Gasteiger partial charge in [0, 0.05) is 22.3 Å². The van der Waals surface area contributed by atoms with Crippen LogP contribution in [0.15, 0.2) is 54.7 Å². The first kappa shape index (κ1) is 17.3. The average molecular weight is 400 g/mol. The van der Waals surface area contributed by atoms with Crippen molar-refractivity contribution in [3.63, 3.8) is 0 Å². The molecule has 4 rings (SSSR count). The lowest BCUT2D eigenvalue weighted by Crippen LogP contribution is -2.08. The van der Waals surface area contributed by atoms with Gasteiger partial charge in [-0.25, -0.2) is 19.3 Å². The Morgan fingerprint density at radius 1 is 1.04 bits per heavy atom. The number of hydrogen-bond acceptors (Lipinski definition) is 4. The predicted molar refractivity (Wildman–Crippen MR) is 103 cm³/mol. The molecule has 27 heavy (non-hydrogen) atoms. The van der Waals surface area contributed by atoms with Crippen molar-refractivity contribution in [3.05, 3.63) is 64.9 Å². The van der Waals surface area contributed by atoms with E-state index >= 15 is 0 Å². The van der Waals surface area contributed by atoms with Crippen LogP contribution in [0.5, 0.6) is 0 Å². The highest BCUT2D eigenvalue weighted by Crippen LogP contribution is 2.33. The number of nitrogens with zero attached hydrogens (tertiary/aromatic N) is 4. The maximum atomic E-state index is 10.9. The number of halogens is 2. The van der Waals surface area contributed by atoms with Gasteiger partial charge in [0.05, 0.1) is 5.69 Å². The molecule has 0 spiro atoms. The smallest absolute Gasteiger partial charge is 0.410 e. The Bertz CT molecular complexity index is 1160. The van der Waals surface area contributed by atoms with E-state index in [-0.39, 0.29) is 5.82 Å². The summed E-state index contributed by atoms with van der Waals surface area (Å²) < 4.78 is 1.62. The number of fused-ring (bicyclic) bond motifs is 1. The molecule has 0 fully saturated rings. The van der Waals surface area contributed by atoms with Crippen LogP contribution in [0.25, 0.3) is 28.2 Å². The quantitative estimate of drug-likeness (QED) is 0.513. The number of anilines is 1. The Hall–Kier alpha value is -3.16. The summed E-state index contributed by atoms with van der Waals surface area (Å²) in [6.07, 6.45) is 0.313. The highest BCUT2D eigenvalue weighted by molar-refractivity contribution is 6.30. The number of carbonyl (C=O) groups is 1. The van der Waals surface area contributed by atoms with Gasteiger partial charge in [0.2, 0.25) is 0 Å². The summed E-state index contributed by atoms with van der Waals surface area (Å²) in [5.41, 5.74) is 3.44. The summed E-state index contributed by atoms with van der Waals surface area (Å²) >= 11 is 12.1. The molecule has 0 aliphatic carbocycles. The van der Waals surface area contributed by atoms with E-state index in [9.17, 15) is 4.79 Å². The fourth-order valence-electron chi connectivity index (χ4n) is 2.73. The van der Waals surface area contributed by atoms with Crippen LogP contribution < -0.4 is 5.32 Å². The molecule has 0 radical (unpaired) electrons. The molecule has 0 aliphatic rings. The van der Waals surface area contributed by atoms with Crippen LogP contribution >= 0.6 is 23.2 Å². The van der Waals surface area contributed by atoms with Crippen LogP contribution in [0.4, 0.5) is 10.6 Å². The highest BCUT2D eigenvalue weighted by Gasteiger charge is 2.18. The lowest BCUT2D eigenvalue weighted by Gasteiger charge is -2.07. The second kappa shape index (κ2) is 6.86. The van der Waals surface area contributed by atoms with Crippen molar-refractivity contribution in [2.24, 2.45) is 0 Å². The van der Waals surface area contributed by atoms with Crippen molar-refractivity contribution >= 4 is 40.8 Å². The zero-order valence-electron chi connectivity index (χ0n) is 13.6. The van der Waals surface area contributed by atoms with Gasteiger partial charge in [0.1, 0.15) is 16.7 Å². The second-order valence-electron chi connectivity index (χ2n) is 5.60. The van der Waals surface area contributed by atoms with E-state index in [0.717, 1.165) is 5.56 Å². The van der Waals surface area contributed by atoms with Crippen LogP contribution in [0, 0.1) is 0 Å². The minimum absolute atomic E-state index is 0.194. The van der Waals surface area contributed by atoms with Crippen LogP contribution in [-0.2, 0) is 0 Å². The molecule has 1 amide bonds. The lowest BCUT2D eigenvalue weighted by atomic mass is 10.1. The van der Waals surface area contributed by atoms with Crippen molar-refractivity contribution in [2.75, 3.05) is 5.32 Å². The van der Waals surface area contributed by atoms with Gasteiger partial charge >= 0.3 is 6.09 Å².